The molecule has 0 spiro atoms. The number of hydrogen-bond acceptors (Lipinski definition) is 40. The number of hydrogen-bond donors (Lipinski definition) is 0. The summed E-state index contributed by atoms with van der Waals surface area (Å²) in [6.45, 7) is 29.4. The molecule has 580 valence electrons. The van der Waals surface area contributed by atoms with Crippen molar-refractivity contribution in [3.8, 4) is 0 Å². The minimum atomic E-state index is -0.516. The van der Waals surface area contributed by atoms with Crippen molar-refractivity contribution in [1.29, 1.82) is 0 Å². The molecule has 0 aliphatic rings. The monoisotopic (exact) mass is 1460 g/mol. The Labute approximate surface area is 579 Å². The van der Waals surface area contributed by atoms with Crippen LogP contribution < -0.4 is 0 Å². The Balaban J connectivity index is -0.000000112. The number of carbonyl (C=O) groups excluding carboxylic acids is 20. The van der Waals surface area contributed by atoms with Crippen LogP contribution in [0.1, 0.15) is 138 Å². The van der Waals surface area contributed by atoms with E-state index >= 15 is 0 Å². The van der Waals surface area contributed by atoms with E-state index in [-0.39, 0.29) is 66.1 Å². The molecule has 0 unspecified atom stereocenters. The summed E-state index contributed by atoms with van der Waals surface area (Å²) in [5.41, 5.74) is 0. The van der Waals surface area contributed by atoms with Crippen LogP contribution in [0.25, 0.3) is 0 Å². The van der Waals surface area contributed by atoms with Crippen molar-refractivity contribution in [2.24, 2.45) is 0 Å². The first-order valence-corrected chi connectivity index (χ1v) is 29.5. The summed E-state index contributed by atoms with van der Waals surface area (Å²) in [5.74, 6) is -9.95. The predicted octanol–water partition coefficient (Wildman–Crippen LogP) is 1.13. The number of esters is 20. The predicted molar refractivity (Wildman–Crippen MR) is 333 cm³/mol. The Morgan fingerprint density at radius 2 is 0.190 bits per heavy atom. The van der Waals surface area contributed by atoms with Crippen molar-refractivity contribution in [1.82, 2.24) is 0 Å². The molecule has 0 bridgehead atoms. The molecule has 0 fully saturated rings. The zero-order valence-corrected chi connectivity index (χ0v) is 60.5. The van der Waals surface area contributed by atoms with Crippen molar-refractivity contribution >= 4 is 119 Å². The maximum Gasteiger partial charge on any atom is 0.344 e. The summed E-state index contributed by atoms with van der Waals surface area (Å²) in [6.07, 6.45) is 0. The van der Waals surface area contributed by atoms with Crippen molar-refractivity contribution in [3.63, 3.8) is 0 Å². The van der Waals surface area contributed by atoms with Crippen LogP contribution in [-0.4, -0.2) is 252 Å². The zero-order valence-electron chi connectivity index (χ0n) is 60.5. The number of ether oxygens (including phenoxy) is 20. The molecule has 40 nitrogen and oxygen atoms in total. The normalized spacial score (nSPS) is 8.60. The quantitative estimate of drug-likeness (QED) is 0.0718. The van der Waals surface area contributed by atoms with Gasteiger partial charge in [0.2, 0.25) is 0 Å². The third kappa shape index (κ3) is 135. The Morgan fingerprint density at radius 1 is 0.130 bits per heavy atom. The standard InChI is InChI=1S/10C6H10O4/c10*1-3-9-6(8)4-10-5(2)7/h10*3-4H2,1-2H3. The molecule has 0 amide bonds. The first-order valence-electron chi connectivity index (χ1n) is 29.5. The maximum atomic E-state index is 10.4. The average molecular weight is 1460 g/mol. The molecule has 0 aliphatic carbocycles. The third-order valence-electron chi connectivity index (χ3n) is 6.99. The molecule has 0 aliphatic heterocycles. The van der Waals surface area contributed by atoms with Gasteiger partial charge in [0.1, 0.15) is 0 Å². The molecule has 0 saturated carbocycles. The van der Waals surface area contributed by atoms with Gasteiger partial charge in [-0.1, -0.05) is 0 Å². The van der Waals surface area contributed by atoms with Gasteiger partial charge in [0, 0.05) is 69.2 Å². The Bertz CT molecular complexity index is 1830. The van der Waals surface area contributed by atoms with Crippen LogP contribution in [0.2, 0.25) is 0 Å². The fourth-order valence-corrected chi connectivity index (χ4v) is 3.63. The van der Waals surface area contributed by atoms with Crippen LogP contribution in [0.15, 0.2) is 0 Å². The van der Waals surface area contributed by atoms with E-state index in [4.69, 9.17) is 0 Å². The molecule has 0 radical (unpaired) electrons. The van der Waals surface area contributed by atoms with Gasteiger partial charge in [0.05, 0.1) is 66.1 Å². The highest BCUT2D eigenvalue weighted by atomic mass is 16.6. The molecular formula is C60H100O40. The van der Waals surface area contributed by atoms with Crippen LogP contribution in [0.4, 0.5) is 0 Å². The molecule has 0 aromatic rings. The summed E-state index contributed by atoms with van der Waals surface area (Å²) in [7, 11) is 0. The van der Waals surface area contributed by atoms with Crippen molar-refractivity contribution in [2.45, 2.75) is 138 Å². The van der Waals surface area contributed by atoms with E-state index in [2.05, 4.69) is 94.7 Å². The van der Waals surface area contributed by atoms with E-state index in [0.717, 1.165) is 0 Å². The molecule has 100 heavy (non-hydrogen) atoms. The lowest BCUT2D eigenvalue weighted by molar-refractivity contribution is -0.157. The maximum absolute atomic E-state index is 10.4. The molecule has 0 aromatic carbocycles. The molecular weight excluding hydrogens is 1360 g/mol. The van der Waals surface area contributed by atoms with Gasteiger partial charge in [-0.2, -0.15) is 0 Å². The first kappa shape index (κ1) is 111. The van der Waals surface area contributed by atoms with Crippen LogP contribution >= 0.6 is 0 Å². The average Bonchev–Trinajstić information content (AvgIpc) is 3.67. The van der Waals surface area contributed by atoms with Gasteiger partial charge >= 0.3 is 119 Å². The minimum absolute atomic E-state index is 0.289. The molecule has 0 saturated heterocycles. The van der Waals surface area contributed by atoms with Gasteiger partial charge in [-0.15, -0.1) is 0 Å². The highest BCUT2D eigenvalue weighted by Gasteiger charge is 2.09. The highest BCUT2D eigenvalue weighted by molar-refractivity contribution is 5.79. The van der Waals surface area contributed by atoms with Crippen LogP contribution in [0, 0.1) is 0 Å². The van der Waals surface area contributed by atoms with E-state index < -0.39 is 119 Å². The summed E-state index contributed by atoms with van der Waals surface area (Å²) in [4.78, 5) is 206. The first-order chi connectivity index (χ1) is 46.6. The van der Waals surface area contributed by atoms with Crippen molar-refractivity contribution in [3.05, 3.63) is 0 Å². The van der Waals surface area contributed by atoms with Gasteiger partial charge in [0.15, 0.2) is 66.1 Å². The molecule has 0 atom stereocenters. The van der Waals surface area contributed by atoms with Crippen LogP contribution in [0.3, 0.4) is 0 Å². The SMILES string of the molecule is CCOC(=O)COC(C)=O.CCOC(=O)COC(C)=O.CCOC(=O)COC(C)=O.CCOC(=O)COC(C)=O.CCOC(=O)COC(C)=O.CCOC(=O)COC(C)=O.CCOC(=O)COC(C)=O.CCOC(=O)COC(C)=O.CCOC(=O)COC(C)=O.CCOC(=O)COC(C)=O. The second-order valence-electron chi connectivity index (χ2n) is 15.9. The third-order valence-corrected chi connectivity index (χ3v) is 6.99. The summed E-state index contributed by atoms with van der Waals surface area (Å²) >= 11 is 0. The van der Waals surface area contributed by atoms with Gasteiger partial charge in [-0.3, -0.25) is 47.9 Å². The fraction of sp³-hybridized carbons (Fsp3) is 0.667. The fourth-order valence-electron chi connectivity index (χ4n) is 3.63. The molecule has 40 heteroatoms. The van der Waals surface area contributed by atoms with E-state index in [1.54, 1.807) is 69.2 Å². The Kier molecular flexibility index (Phi) is 93.6. The molecule has 0 aromatic heterocycles. The zero-order chi connectivity index (χ0) is 79.8. The topological polar surface area (TPSA) is 526 Å². The van der Waals surface area contributed by atoms with Crippen LogP contribution in [-0.2, 0) is 191 Å². The minimum Gasteiger partial charge on any atom is -0.463 e. The molecule has 0 rings (SSSR count). The largest absolute Gasteiger partial charge is 0.463 e. The van der Waals surface area contributed by atoms with Gasteiger partial charge < -0.3 is 94.7 Å². The lowest BCUT2D eigenvalue weighted by Crippen LogP contribution is -2.14. The van der Waals surface area contributed by atoms with Gasteiger partial charge in [0.25, 0.3) is 0 Å². The van der Waals surface area contributed by atoms with Crippen LogP contribution in [0.5, 0.6) is 0 Å². The highest BCUT2D eigenvalue weighted by Crippen LogP contribution is 1.88. The summed E-state index contributed by atoms with van der Waals surface area (Å²) in [6, 6.07) is 0. The van der Waals surface area contributed by atoms with Crippen molar-refractivity contribution < 1.29 is 191 Å². The van der Waals surface area contributed by atoms with E-state index in [1.807, 2.05) is 0 Å². The second kappa shape index (κ2) is 84.5. The van der Waals surface area contributed by atoms with Gasteiger partial charge in [-0.05, 0) is 69.2 Å². The number of rotatable bonds is 30. The van der Waals surface area contributed by atoms with Crippen molar-refractivity contribution in [2.75, 3.05) is 132 Å². The molecule has 0 heterocycles. The Hall–Kier alpha value is -10.6. The number of carbonyl (C=O) groups is 20. The second-order valence-corrected chi connectivity index (χ2v) is 15.9. The summed E-state index contributed by atoms with van der Waals surface area (Å²) < 4.78 is 88.2. The summed E-state index contributed by atoms with van der Waals surface area (Å²) in [5, 5.41) is 0. The van der Waals surface area contributed by atoms with E-state index in [9.17, 15) is 95.9 Å². The Morgan fingerprint density at radius 3 is 0.230 bits per heavy atom. The van der Waals surface area contributed by atoms with E-state index in [1.165, 1.54) is 69.2 Å². The lowest BCUT2D eigenvalue weighted by Gasteiger charge is -2.00. The molecule has 0 N–H and O–H groups in total. The van der Waals surface area contributed by atoms with Gasteiger partial charge in [-0.25, -0.2) is 47.9 Å². The van der Waals surface area contributed by atoms with E-state index in [0.29, 0.717) is 66.1 Å². The lowest BCUT2D eigenvalue weighted by atomic mass is 10.7. The smallest absolute Gasteiger partial charge is 0.344 e.